The first-order valence-electron chi connectivity index (χ1n) is 8.19. The second-order valence-electron chi connectivity index (χ2n) is 6.91. The van der Waals surface area contributed by atoms with Crippen LogP contribution in [0.2, 0.25) is 0 Å². The summed E-state index contributed by atoms with van der Waals surface area (Å²) in [5, 5.41) is 11.1. The van der Waals surface area contributed by atoms with Gasteiger partial charge in [0.15, 0.2) is 0 Å². The number of hydrogen-bond acceptors (Lipinski definition) is 2. The van der Waals surface area contributed by atoms with E-state index in [9.17, 15) is 9.90 Å². The smallest absolute Gasteiger partial charge is 0.259 e. The van der Waals surface area contributed by atoms with E-state index >= 15 is 0 Å². The highest BCUT2D eigenvalue weighted by atomic mass is 16.3. The molecule has 1 amide bonds. The Bertz CT molecular complexity index is 985. The van der Waals surface area contributed by atoms with Gasteiger partial charge in [-0.15, -0.1) is 0 Å². The van der Waals surface area contributed by atoms with E-state index in [-0.39, 0.29) is 5.91 Å². The van der Waals surface area contributed by atoms with Gasteiger partial charge in [0.05, 0.1) is 5.70 Å². The van der Waals surface area contributed by atoms with E-state index in [1.54, 1.807) is 4.90 Å². The zero-order chi connectivity index (χ0) is 16.6. The number of aliphatic hydroxyl groups excluding tert-OH is 1. The first-order chi connectivity index (χ1) is 11.5. The van der Waals surface area contributed by atoms with Crippen LogP contribution >= 0.6 is 0 Å². The number of rotatable bonds is 0. The number of amides is 1. The number of allylic oxidation sites excluding steroid dienone is 2. The third-order valence-electron chi connectivity index (χ3n) is 5.65. The van der Waals surface area contributed by atoms with Crippen LogP contribution in [0.15, 0.2) is 60.2 Å². The zero-order valence-corrected chi connectivity index (χ0v) is 13.6. The summed E-state index contributed by atoms with van der Waals surface area (Å²) in [7, 11) is 0. The number of benzene rings is 2. The van der Waals surface area contributed by atoms with Crippen molar-refractivity contribution in [3.63, 3.8) is 0 Å². The summed E-state index contributed by atoms with van der Waals surface area (Å²) in [5.41, 5.74) is 5.89. The van der Waals surface area contributed by atoms with Crippen LogP contribution in [0.1, 0.15) is 47.0 Å². The lowest BCUT2D eigenvalue weighted by Crippen LogP contribution is -2.50. The minimum Gasteiger partial charge on any atom is -0.386 e. The van der Waals surface area contributed by atoms with Crippen molar-refractivity contribution >= 4 is 17.2 Å². The zero-order valence-electron chi connectivity index (χ0n) is 13.6. The summed E-state index contributed by atoms with van der Waals surface area (Å²) >= 11 is 0. The van der Waals surface area contributed by atoms with E-state index in [0.717, 1.165) is 33.5 Å². The van der Waals surface area contributed by atoms with E-state index in [0.29, 0.717) is 5.56 Å². The standard InChI is InChI=1S/C21H17NO2/c1-12-11-17-13-7-3-6-10-16(13)20(24)22(17)21(2)18(12)14-8-4-5-9-15(14)19(21)23/h3-11,19,23H,1-2H3/t19-,21-/m0/s1. The Hall–Kier alpha value is -2.65. The Morgan fingerprint density at radius 3 is 2.38 bits per heavy atom. The summed E-state index contributed by atoms with van der Waals surface area (Å²) < 4.78 is 0. The molecule has 2 heterocycles. The molecule has 0 aromatic heterocycles. The fraction of sp³-hybridized carbons (Fsp3) is 0.190. The van der Waals surface area contributed by atoms with Gasteiger partial charge < -0.3 is 5.11 Å². The molecule has 0 saturated heterocycles. The first-order valence-corrected chi connectivity index (χ1v) is 8.19. The van der Waals surface area contributed by atoms with E-state index in [2.05, 4.69) is 13.0 Å². The molecule has 2 aliphatic heterocycles. The normalized spacial score (nSPS) is 26.8. The molecule has 3 heteroatoms. The highest BCUT2D eigenvalue weighted by molar-refractivity contribution is 6.13. The number of hydrogen-bond donors (Lipinski definition) is 1. The molecule has 0 radical (unpaired) electrons. The molecule has 3 aliphatic rings. The predicted octanol–water partition coefficient (Wildman–Crippen LogP) is 3.78. The number of carbonyl (C=O) groups excluding carboxylic acids is 1. The summed E-state index contributed by atoms with van der Waals surface area (Å²) in [4.78, 5) is 14.9. The molecule has 3 nitrogen and oxygen atoms in total. The van der Waals surface area contributed by atoms with Crippen molar-refractivity contribution in [1.29, 1.82) is 0 Å². The quantitative estimate of drug-likeness (QED) is 0.804. The van der Waals surface area contributed by atoms with Crippen LogP contribution in [-0.4, -0.2) is 21.5 Å². The summed E-state index contributed by atoms with van der Waals surface area (Å²) in [6.45, 7) is 4.05. The summed E-state index contributed by atoms with van der Waals surface area (Å²) in [6.07, 6.45) is 1.34. The third-order valence-corrected chi connectivity index (χ3v) is 5.65. The van der Waals surface area contributed by atoms with Crippen LogP contribution in [0.5, 0.6) is 0 Å². The highest BCUT2D eigenvalue weighted by Gasteiger charge is 2.56. The van der Waals surface area contributed by atoms with Gasteiger partial charge in [-0.05, 0) is 48.3 Å². The maximum absolute atomic E-state index is 13.1. The van der Waals surface area contributed by atoms with Crippen molar-refractivity contribution in [3.05, 3.63) is 82.4 Å². The number of nitrogens with zero attached hydrogens (tertiary/aromatic N) is 1. The Labute approximate surface area is 140 Å². The number of fused-ring (bicyclic) bond motifs is 7. The molecule has 1 N–H and O–H groups in total. The molecule has 24 heavy (non-hydrogen) atoms. The van der Waals surface area contributed by atoms with Gasteiger partial charge in [-0.1, -0.05) is 42.5 Å². The van der Waals surface area contributed by atoms with Gasteiger partial charge in [0, 0.05) is 11.1 Å². The molecule has 2 aromatic rings. The lowest BCUT2D eigenvalue weighted by Gasteiger charge is -2.43. The Kier molecular flexibility index (Phi) is 2.44. The van der Waals surface area contributed by atoms with Crippen LogP contribution in [0.25, 0.3) is 11.3 Å². The Morgan fingerprint density at radius 1 is 1.00 bits per heavy atom. The van der Waals surface area contributed by atoms with Gasteiger partial charge in [0.25, 0.3) is 5.91 Å². The monoisotopic (exact) mass is 315 g/mol. The Morgan fingerprint density at radius 2 is 1.62 bits per heavy atom. The van der Waals surface area contributed by atoms with Crippen LogP contribution < -0.4 is 0 Å². The third kappa shape index (κ3) is 1.35. The van der Waals surface area contributed by atoms with Crippen molar-refractivity contribution < 1.29 is 9.90 Å². The van der Waals surface area contributed by atoms with Crippen LogP contribution in [-0.2, 0) is 0 Å². The van der Waals surface area contributed by atoms with Crippen LogP contribution in [0.4, 0.5) is 0 Å². The molecular weight excluding hydrogens is 298 g/mol. The maximum Gasteiger partial charge on any atom is 0.259 e. The van der Waals surface area contributed by atoms with Crippen molar-refractivity contribution in [1.82, 2.24) is 4.90 Å². The molecule has 1 aliphatic carbocycles. The lowest BCUT2D eigenvalue weighted by atomic mass is 9.82. The molecular formula is C21H17NO2. The molecule has 0 saturated carbocycles. The molecule has 0 bridgehead atoms. The summed E-state index contributed by atoms with van der Waals surface area (Å²) in [6, 6.07) is 15.6. The first kappa shape index (κ1) is 13.8. The SMILES string of the molecule is CC1=C2c3ccccc3[C@H](O)[C@@]2(C)N2C(=O)c3ccccc3C2=C1. The summed E-state index contributed by atoms with van der Waals surface area (Å²) in [5.74, 6) is -0.0313. The Balaban J connectivity index is 1.84. The van der Waals surface area contributed by atoms with Crippen LogP contribution in [0.3, 0.4) is 0 Å². The molecule has 2 atom stereocenters. The molecule has 0 unspecified atom stereocenters. The van der Waals surface area contributed by atoms with E-state index in [1.807, 2.05) is 55.5 Å². The maximum atomic E-state index is 13.1. The second-order valence-corrected chi connectivity index (χ2v) is 6.91. The van der Waals surface area contributed by atoms with Crippen molar-refractivity contribution in [2.75, 3.05) is 0 Å². The predicted molar refractivity (Wildman–Crippen MR) is 93.0 cm³/mol. The minimum absolute atomic E-state index is 0.0313. The number of aliphatic hydroxyl groups is 1. The fourth-order valence-electron chi connectivity index (χ4n) is 4.64. The second kappa shape index (κ2) is 4.25. The van der Waals surface area contributed by atoms with E-state index in [4.69, 9.17) is 0 Å². The molecule has 118 valence electrons. The molecule has 0 spiro atoms. The van der Waals surface area contributed by atoms with Gasteiger partial charge >= 0.3 is 0 Å². The average molecular weight is 315 g/mol. The highest BCUT2D eigenvalue weighted by Crippen LogP contribution is 2.58. The van der Waals surface area contributed by atoms with Gasteiger partial charge in [-0.25, -0.2) is 0 Å². The van der Waals surface area contributed by atoms with Gasteiger partial charge in [0.2, 0.25) is 0 Å². The van der Waals surface area contributed by atoms with Crippen molar-refractivity contribution in [2.45, 2.75) is 25.5 Å². The fourth-order valence-corrected chi connectivity index (χ4v) is 4.64. The van der Waals surface area contributed by atoms with Crippen LogP contribution in [0, 0.1) is 0 Å². The van der Waals surface area contributed by atoms with Gasteiger partial charge in [0.1, 0.15) is 11.6 Å². The van der Waals surface area contributed by atoms with Crippen molar-refractivity contribution in [2.24, 2.45) is 0 Å². The van der Waals surface area contributed by atoms with E-state index in [1.165, 1.54) is 0 Å². The largest absolute Gasteiger partial charge is 0.386 e. The molecule has 2 aromatic carbocycles. The van der Waals surface area contributed by atoms with Gasteiger partial charge in [-0.3, -0.25) is 9.69 Å². The average Bonchev–Trinajstić information content (AvgIpc) is 3.00. The van der Waals surface area contributed by atoms with Crippen molar-refractivity contribution in [3.8, 4) is 0 Å². The molecule has 0 fully saturated rings. The topological polar surface area (TPSA) is 40.5 Å². The molecule has 5 rings (SSSR count). The minimum atomic E-state index is -0.770. The lowest BCUT2D eigenvalue weighted by molar-refractivity contribution is 0.0422. The number of carbonyl (C=O) groups is 1. The van der Waals surface area contributed by atoms with E-state index < -0.39 is 11.6 Å². The van der Waals surface area contributed by atoms with Gasteiger partial charge in [-0.2, -0.15) is 0 Å².